The summed E-state index contributed by atoms with van der Waals surface area (Å²) in [6, 6.07) is 40.9. The van der Waals surface area contributed by atoms with Crippen LogP contribution in [0.2, 0.25) is 0 Å². The van der Waals surface area contributed by atoms with Crippen molar-refractivity contribution in [2.24, 2.45) is 0 Å². The van der Waals surface area contributed by atoms with E-state index in [-0.39, 0.29) is 5.41 Å². The SMILES string of the molecule is BC(O)(O)C(B)(B)c1nc2ccccc2n1-c1c2ccccc2c(-c2ccc3c(c2)C(C)(C)c2ccccc2-3)c2ccccc12. The highest BCUT2D eigenvalue weighted by molar-refractivity contribution is 6.44. The molecule has 216 valence electrons. The van der Waals surface area contributed by atoms with Crippen LogP contribution in [0.15, 0.2) is 115 Å². The molecule has 0 unspecified atom stereocenters. The van der Waals surface area contributed by atoms with E-state index >= 15 is 0 Å². The Balaban J connectivity index is 1.48. The quantitative estimate of drug-likeness (QED) is 0.175. The van der Waals surface area contributed by atoms with Gasteiger partial charge < -0.3 is 10.2 Å². The van der Waals surface area contributed by atoms with Gasteiger partial charge in [0.25, 0.3) is 0 Å². The number of imidazole rings is 1. The van der Waals surface area contributed by atoms with Crippen LogP contribution in [0.1, 0.15) is 30.8 Å². The van der Waals surface area contributed by atoms with Crippen molar-refractivity contribution >= 4 is 56.1 Å². The van der Waals surface area contributed by atoms with E-state index in [2.05, 4.69) is 115 Å². The molecule has 0 aliphatic heterocycles. The average molecular weight is 582 g/mol. The van der Waals surface area contributed by atoms with Crippen LogP contribution in [0.3, 0.4) is 0 Å². The summed E-state index contributed by atoms with van der Waals surface area (Å²) in [5.74, 6) is 0.594. The molecule has 0 radical (unpaired) electrons. The smallest absolute Gasteiger partial charge is 0.177 e. The zero-order chi connectivity index (χ0) is 31.3. The Kier molecular flexibility index (Phi) is 5.88. The van der Waals surface area contributed by atoms with Gasteiger partial charge in [0.1, 0.15) is 27.2 Å². The van der Waals surface area contributed by atoms with Crippen molar-refractivity contribution < 1.29 is 10.2 Å². The Morgan fingerprint density at radius 1 is 0.644 bits per heavy atom. The molecule has 0 saturated carbocycles. The van der Waals surface area contributed by atoms with Crippen LogP contribution in [0.25, 0.3) is 60.5 Å². The van der Waals surface area contributed by atoms with E-state index in [9.17, 15) is 10.2 Å². The number of hydrogen-bond donors (Lipinski definition) is 2. The van der Waals surface area contributed by atoms with Gasteiger partial charge in [-0.25, -0.2) is 4.98 Å². The summed E-state index contributed by atoms with van der Waals surface area (Å²) in [5.41, 5.74) is 8.30. The predicted molar refractivity (Wildman–Crippen MR) is 194 cm³/mol. The molecule has 7 heteroatoms. The topological polar surface area (TPSA) is 58.3 Å². The number of para-hydroxylation sites is 2. The van der Waals surface area contributed by atoms with Crippen molar-refractivity contribution in [3.05, 3.63) is 132 Å². The van der Waals surface area contributed by atoms with Gasteiger partial charge in [0.15, 0.2) is 7.85 Å². The lowest BCUT2D eigenvalue weighted by molar-refractivity contribution is -0.100. The molecule has 1 heterocycles. The molecule has 7 aromatic rings. The summed E-state index contributed by atoms with van der Waals surface area (Å²) < 4.78 is 2.15. The third-order valence-corrected chi connectivity index (χ3v) is 10.3. The fourth-order valence-electron chi connectivity index (χ4n) is 7.40. The minimum absolute atomic E-state index is 0.106. The Hall–Kier alpha value is -4.58. The fourth-order valence-corrected chi connectivity index (χ4v) is 7.40. The molecule has 1 aliphatic rings. The van der Waals surface area contributed by atoms with Gasteiger partial charge in [-0.1, -0.05) is 111 Å². The molecule has 0 fully saturated rings. The molecule has 0 amide bonds. The zero-order valence-electron chi connectivity index (χ0n) is 26.3. The van der Waals surface area contributed by atoms with Crippen LogP contribution in [-0.2, 0) is 10.6 Å². The second-order valence-electron chi connectivity index (χ2n) is 13.7. The molecular weight excluding hydrogens is 549 g/mol. The predicted octanol–water partition coefficient (Wildman–Crippen LogP) is 5.00. The molecule has 0 spiro atoms. The number of aromatic nitrogens is 2. The normalized spacial score (nSPS) is 14.2. The lowest BCUT2D eigenvalue weighted by Crippen LogP contribution is -2.54. The largest absolute Gasteiger partial charge is 0.375 e. The van der Waals surface area contributed by atoms with Crippen LogP contribution in [0, 0.1) is 0 Å². The first-order valence-corrected chi connectivity index (χ1v) is 15.6. The summed E-state index contributed by atoms with van der Waals surface area (Å²) in [6.45, 7) is 4.65. The fraction of sp³-hybridized carbons (Fsp3) is 0.132. The monoisotopic (exact) mass is 582 g/mol. The second kappa shape index (κ2) is 9.46. The number of nitrogens with zero attached hydrogens (tertiary/aromatic N) is 2. The summed E-state index contributed by atoms with van der Waals surface area (Å²) >= 11 is 0. The van der Waals surface area contributed by atoms with Crippen LogP contribution in [0.4, 0.5) is 0 Å². The van der Waals surface area contributed by atoms with Crippen LogP contribution in [0.5, 0.6) is 0 Å². The van der Waals surface area contributed by atoms with Crippen molar-refractivity contribution in [3.63, 3.8) is 0 Å². The van der Waals surface area contributed by atoms with Gasteiger partial charge in [0.2, 0.25) is 0 Å². The van der Waals surface area contributed by atoms with Crippen molar-refractivity contribution in [2.45, 2.75) is 30.2 Å². The summed E-state index contributed by atoms with van der Waals surface area (Å²) in [6.07, 6.45) is 0. The molecule has 0 saturated heterocycles. The highest BCUT2D eigenvalue weighted by Gasteiger charge is 2.43. The molecular formula is C38H33B3N2O2. The summed E-state index contributed by atoms with van der Waals surface area (Å²) in [4.78, 5) is 5.04. The molecule has 1 aliphatic carbocycles. The summed E-state index contributed by atoms with van der Waals surface area (Å²) in [5, 5.41) is 25.3. The van der Waals surface area contributed by atoms with Gasteiger partial charge in [-0.3, -0.25) is 4.57 Å². The first-order valence-electron chi connectivity index (χ1n) is 15.6. The molecule has 4 nitrogen and oxygen atoms in total. The molecule has 8 rings (SSSR count). The van der Waals surface area contributed by atoms with Crippen LogP contribution < -0.4 is 0 Å². The standard InChI is InChI=1S/C38H33B3N2O2/c1-36(2)29-16-8-7-11-23(29)24-20-19-22(21-30(24)36)33-25-12-3-5-14-27(25)34(28-15-6-4-13-26(28)33)43-32-18-10-9-17-31(32)42-35(43)37(39,40)38(41,44)45/h3-21,44-45H,39-41H2,1-2H3. The Morgan fingerprint density at radius 3 is 1.87 bits per heavy atom. The van der Waals surface area contributed by atoms with E-state index < -0.39 is 10.9 Å². The molecule has 2 N–H and O–H groups in total. The van der Waals surface area contributed by atoms with Crippen LogP contribution in [-0.4, -0.2) is 49.0 Å². The van der Waals surface area contributed by atoms with Gasteiger partial charge >= 0.3 is 0 Å². The molecule has 6 aromatic carbocycles. The Labute approximate surface area is 265 Å². The van der Waals surface area contributed by atoms with Gasteiger partial charge in [-0.2, -0.15) is 0 Å². The number of hydrogen-bond acceptors (Lipinski definition) is 3. The van der Waals surface area contributed by atoms with Crippen molar-refractivity contribution in [1.82, 2.24) is 9.55 Å². The Bertz CT molecular complexity index is 2280. The average Bonchev–Trinajstić information content (AvgIpc) is 3.52. The van der Waals surface area contributed by atoms with Crippen molar-refractivity contribution in [2.75, 3.05) is 0 Å². The van der Waals surface area contributed by atoms with Gasteiger partial charge in [-0.15, -0.1) is 0 Å². The zero-order valence-corrected chi connectivity index (χ0v) is 26.3. The van der Waals surface area contributed by atoms with Gasteiger partial charge in [-0.05, 0) is 62.4 Å². The van der Waals surface area contributed by atoms with Crippen LogP contribution >= 0.6 is 0 Å². The van der Waals surface area contributed by atoms with E-state index in [4.69, 9.17) is 4.98 Å². The van der Waals surface area contributed by atoms with E-state index in [1.165, 1.54) is 41.2 Å². The number of benzene rings is 6. The van der Waals surface area contributed by atoms with Crippen molar-refractivity contribution in [3.8, 4) is 27.9 Å². The third kappa shape index (κ3) is 3.87. The maximum atomic E-state index is 11.0. The van der Waals surface area contributed by atoms with E-state index in [1.807, 2.05) is 33.9 Å². The molecule has 0 bridgehead atoms. The maximum Gasteiger partial charge on any atom is 0.177 e. The lowest BCUT2D eigenvalue weighted by atomic mass is 9.45. The van der Waals surface area contributed by atoms with Gasteiger partial charge in [0.05, 0.1) is 16.7 Å². The third-order valence-electron chi connectivity index (χ3n) is 10.3. The van der Waals surface area contributed by atoms with Gasteiger partial charge in [0, 0.05) is 21.4 Å². The molecule has 1 aromatic heterocycles. The Morgan fingerprint density at radius 2 is 1.20 bits per heavy atom. The van der Waals surface area contributed by atoms with E-state index in [1.54, 1.807) is 0 Å². The minimum Gasteiger partial charge on any atom is -0.375 e. The first-order chi connectivity index (χ1) is 21.5. The maximum absolute atomic E-state index is 11.0. The van der Waals surface area contributed by atoms with E-state index in [0.29, 0.717) is 5.82 Å². The first kappa shape index (κ1) is 27.9. The molecule has 45 heavy (non-hydrogen) atoms. The number of fused-ring (bicyclic) bond motifs is 6. The highest BCUT2D eigenvalue weighted by Crippen LogP contribution is 2.51. The number of aliphatic hydroxyl groups is 2. The second-order valence-corrected chi connectivity index (χ2v) is 13.7. The minimum atomic E-state index is -2.01. The van der Waals surface area contributed by atoms with E-state index in [0.717, 1.165) is 38.3 Å². The lowest BCUT2D eigenvalue weighted by Gasteiger charge is -2.36. The van der Waals surface area contributed by atoms with Crippen molar-refractivity contribution in [1.29, 1.82) is 0 Å². The molecule has 0 atom stereocenters. The number of rotatable bonds is 4. The highest BCUT2D eigenvalue weighted by atomic mass is 16.5. The summed E-state index contributed by atoms with van der Waals surface area (Å²) in [7, 11) is 5.12.